The van der Waals surface area contributed by atoms with Crippen molar-refractivity contribution in [3.63, 3.8) is 0 Å². The van der Waals surface area contributed by atoms with Crippen LogP contribution in [0.4, 0.5) is 5.82 Å². The van der Waals surface area contributed by atoms with E-state index in [0.29, 0.717) is 31.9 Å². The van der Waals surface area contributed by atoms with E-state index in [4.69, 9.17) is 4.74 Å². The van der Waals surface area contributed by atoms with Crippen LogP contribution >= 0.6 is 0 Å². The fourth-order valence-electron chi connectivity index (χ4n) is 4.01. The van der Waals surface area contributed by atoms with Gasteiger partial charge >= 0.3 is 0 Å². The number of hydrogen-bond donors (Lipinski definition) is 1. The number of amides is 1. The summed E-state index contributed by atoms with van der Waals surface area (Å²) in [5.41, 5.74) is 2.96. The summed E-state index contributed by atoms with van der Waals surface area (Å²) in [6.07, 6.45) is 5.79. The van der Waals surface area contributed by atoms with E-state index in [9.17, 15) is 4.79 Å². The van der Waals surface area contributed by atoms with Crippen LogP contribution in [-0.4, -0.2) is 67.0 Å². The van der Waals surface area contributed by atoms with E-state index >= 15 is 0 Å². The molecule has 4 rings (SSSR count). The number of carbonyl (C=O) groups is 1. The molecule has 154 valence electrons. The van der Waals surface area contributed by atoms with E-state index in [1.54, 1.807) is 16.3 Å². The molecule has 2 atom stereocenters. The van der Waals surface area contributed by atoms with Crippen LogP contribution in [0.25, 0.3) is 5.78 Å². The SMILES string of the molecule is COCCN1C(=O)C[C@@H](CNc2c(C)c(C)nc3ncnn23)[C@@H]1c1cnn(C)c1. The van der Waals surface area contributed by atoms with Gasteiger partial charge in [0.15, 0.2) is 0 Å². The van der Waals surface area contributed by atoms with Crippen molar-refractivity contribution in [2.24, 2.45) is 13.0 Å². The number of nitrogens with one attached hydrogen (secondary N) is 1. The maximum atomic E-state index is 12.8. The Kier molecular flexibility index (Phi) is 5.18. The first-order chi connectivity index (χ1) is 14.0. The monoisotopic (exact) mass is 398 g/mol. The number of aryl methyl sites for hydroxylation is 2. The van der Waals surface area contributed by atoms with Crippen LogP contribution in [0.15, 0.2) is 18.7 Å². The standard InChI is InChI=1S/C19H26N8O2/c1-12-13(2)24-19-21-11-23-27(19)18(12)20-8-14-7-16(28)26(5-6-29-4)17(14)15-9-22-25(3)10-15/h9-11,14,17,20H,5-8H2,1-4H3/t14-,17+/m0/s1. The quantitative estimate of drug-likeness (QED) is 0.636. The van der Waals surface area contributed by atoms with Crippen LogP contribution in [0.1, 0.15) is 29.3 Å². The first-order valence-corrected chi connectivity index (χ1v) is 9.67. The zero-order valence-electron chi connectivity index (χ0n) is 17.2. The van der Waals surface area contributed by atoms with Gasteiger partial charge in [0.05, 0.1) is 18.8 Å². The van der Waals surface area contributed by atoms with Gasteiger partial charge in [0.2, 0.25) is 5.91 Å². The number of methoxy groups -OCH3 is 1. The van der Waals surface area contributed by atoms with Crippen molar-refractivity contribution >= 4 is 17.5 Å². The van der Waals surface area contributed by atoms with Gasteiger partial charge in [-0.1, -0.05) is 0 Å². The van der Waals surface area contributed by atoms with Crippen LogP contribution in [-0.2, 0) is 16.6 Å². The third-order valence-electron chi connectivity index (χ3n) is 5.58. The van der Waals surface area contributed by atoms with Crippen molar-refractivity contribution in [1.82, 2.24) is 34.3 Å². The number of aromatic nitrogens is 6. The van der Waals surface area contributed by atoms with Gasteiger partial charge in [-0.15, -0.1) is 0 Å². The Morgan fingerprint density at radius 1 is 1.31 bits per heavy atom. The highest BCUT2D eigenvalue weighted by atomic mass is 16.5. The van der Waals surface area contributed by atoms with Gasteiger partial charge in [-0.3, -0.25) is 9.48 Å². The molecule has 1 aliphatic rings. The molecule has 1 saturated heterocycles. The fraction of sp³-hybridized carbons (Fsp3) is 0.526. The Balaban J connectivity index is 1.61. The first-order valence-electron chi connectivity index (χ1n) is 9.67. The highest BCUT2D eigenvalue weighted by molar-refractivity contribution is 5.79. The summed E-state index contributed by atoms with van der Waals surface area (Å²) in [7, 11) is 3.54. The van der Waals surface area contributed by atoms with E-state index in [0.717, 1.165) is 22.6 Å². The lowest BCUT2D eigenvalue weighted by molar-refractivity contribution is -0.129. The second-order valence-electron chi connectivity index (χ2n) is 7.46. The van der Waals surface area contributed by atoms with Crippen molar-refractivity contribution < 1.29 is 9.53 Å². The Bertz CT molecular complexity index is 1030. The Labute approximate surface area is 168 Å². The first kappa shape index (κ1) is 19.3. The molecule has 1 N–H and O–H groups in total. The summed E-state index contributed by atoms with van der Waals surface area (Å²) in [5.74, 6) is 1.65. The summed E-state index contributed by atoms with van der Waals surface area (Å²) in [5, 5.41) is 12.1. The molecule has 0 saturated carbocycles. The van der Waals surface area contributed by atoms with Crippen molar-refractivity contribution in [2.75, 3.05) is 32.1 Å². The second kappa shape index (κ2) is 7.78. The van der Waals surface area contributed by atoms with Gasteiger partial charge in [0.25, 0.3) is 5.78 Å². The number of anilines is 1. The molecule has 1 aliphatic heterocycles. The molecule has 29 heavy (non-hydrogen) atoms. The minimum absolute atomic E-state index is 0.0478. The van der Waals surface area contributed by atoms with Crippen LogP contribution < -0.4 is 5.32 Å². The zero-order chi connectivity index (χ0) is 20.5. The predicted molar refractivity (Wildman–Crippen MR) is 106 cm³/mol. The normalized spacial score (nSPS) is 19.4. The summed E-state index contributed by atoms with van der Waals surface area (Å²) < 4.78 is 8.70. The van der Waals surface area contributed by atoms with Gasteiger partial charge in [-0.25, -0.2) is 4.98 Å². The van der Waals surface area contributed by atoms with Gasteiger partial charge in [-0.2, -0.15) is 19.7 Å². The van der Waals surface area contributed by atoms with Crippen molar-refractivity contribution in [1.29, 1.82) is 0 Å². The summed E-state index contributed by atoms with van der Waals surface area (Å²) >= 11 is 0. The number of ether oxygens (including phenoxy) is 1. The Morgan fingerprint density at radius 2 is 2.14 bits per heavy atom. The van der Waals surface area contributed by atoms with Crippen LogP contribution in [0.5, 0.6) is 0 Å². The Hall–Kier alpha value is -3.01. The number of likely N-dealkylation sites (tertiary alicyclic amines) is 1. The average molecular weight is 398 g/mol. The predicted octanol–water partition coefficient (Wildman–Crippen LogP) is 1.12. The third kappa shape index (κ3) is 3.55. The molecule has 0 unspecified atom stereocenters. The van der Waals surface area contributed by atoms with Gasteiger partial charge in [-0.05, 0) is 13.8 Å². The summed E-state index contributed by atoms with van der Waals surface area (Å²) in [4.78, 5) is 23.3. The fourth-order valence-corrected chi connectivity index (χ4v) is 4.01. The molecule has 0 bridgehead atoms. The molecule has 3 aromatic heterocycles. The minimum atomic E-state index is -0.0478. The summed E-state index contributed by atoms with van der Waals surface area (Å²) in [6, 6.07) is -0.0478. The molecular weight excluding hydrogens is 372 g/mol. The molecule has 0 aromatic carbocycles. The number of carbonyl (C=O) groups excluding carboxylic acids is 1. The number of rotatable bonds is 7. The van der Waals surface area contributed by atoms with Crippen molar-refractivity contribution in [3.8, 4) is 0 Å². The van der Waals surface area contributed by atoms with E-state index in [-0.39, 0.29) is 17.9 Å². The minimum Gasteiger partial charge on any atom is -0.383 e. The largest absolute Gasteiger partial charge is 0.383 e. The second-order valence-corrected chi connectivity index (χ2v) is 7.46. The highest BCUT2D eigenvalue weighted by Gasteiger charge is 2.41. The van der Waals surface area contributed by atoms with Gasteiger partial charge < -0.3 is 15.0 Å². The van der Waals surface area contributed by atoms with E-state index in [2.05, 4.69) is 25.5 Å². The lowest BCUT2D eigenvalue weighted by Crippen LogP contribution is -2.33. The molecule has 0 radical (unpaired) electrons. The average Bonchev–Trinajstić information content (AvgIpc) is 3.39. The highest BCUT2D eigenvalue weighted by Crippen LogP contribution is 2.38. The van der Waals surface area contributed by atoms with Gasteiger partial charge in [0, 0.05) is 62.6 Å². The van der Waals surface area contributed by atoms with Gasteiger partial charge in [0.1, 0.15) is 12.1 Å². The summed E-state index contributed by atoms with van der Waals surface area (Å²) in [6.45, 7) is 5.65. The number of hydrogen-bond acceptors (Lipinski definition) is 7. The van der Waals surface area contributed by atoms with Crippen LogP contribution in [0.3, 0.4) is 0 Å². The molecule has 0 spiro atoms. The maximum Gasteiger partial charge on any atom is 0.254 e. The van der Waals surface area contributed by atoms with E-state index < -0.39 is 0 Å². The number of nitrogens with zero attached hydrogens (tertiary/aromatic N) is 7. The smallest absolute Gasteiger partial charge is 0.254 e. The van der Waals surface area contributed by atoms with Crippen molar-refractivity contribution in [2.45, 2.75) is 26.3 Å². The molecule has 1 amide bonds. The Morgan fingerprint density at radius 3 is 2.86 bits per heavy atom. The topological polar surface area (TPSA) is 102 Å². The molecule has 0 aliphatic carbocycles. The lowest BCUT2D eigenvalue weighted by atomic mass is 9.95. The maximum absolute atomic E-state index is 12.8. The molecule has 10 nitrogen and oxygen atoms in total. The lowest BCUT2D eigenvalue weighted by Gasteiger charge is -2.28. The van der Waals surface area contributed by atoms with Crippen LogP contribution in [0.2, 0.25) is 0 Å². The molecule has 3 aromatic rings. The van der Waals surface area contributed by atoms with Crippen LogP contribution in [0, 0.1) is 19.8 Å². The molecule has 10 heteroatoms. The van der Waals surface area contributed by atoms with E-state index in [1.807, 2.05) is 38.2 Å². The van der Waals surface area contributed by atoms with E-state index in [1.165, 1.54) is 6.33 Å². The van der Waals surface area contributed by atoms with Crippen molar-refractivity contribution in [3.05, 3.63) is 35.5 Å². The molecular formula is C19H26N8O2. The molecule has 1 fully saturated rings. The zero-order valence-corrected chi connectivity index (χ0v) is 17.2. The molecule has 4 heterocycles. The number of fused-ring (bicyclic) bond motifs is 1. The third-order valence-corrected chi connectivity index (χ3v) is 5.58.